The van der Waals surface area contributed by atoms with E-state index >= 15 is 0 Å². The molecular formula is C52H34N2S. The summed E-state index contributed by atoms with van der Waals surface area (Å²) in [5.41, 5.74) is 14.2. The van der Waals surface area contributed by atoms with E-state index in [9.17, 15) is 0 Å². The van der Waals surface area contributed by atoms with Crippen molar-refractivity contribution in [3.8, 4) is 78.4 Å². The van der Waals surface area contributed by atoms with Gasteiger partial charge in [0.2, 0.25) is 0 Å². The lowest BCUT2D eigenvalue weighted by Gasteiger charge is -2.14. The molecule has 0 atom stereocenters. The van der Waals surface area contributed by atoms with Crippen LogP contribution in [-0.4, -0.2) is 9.97 Å². The molecular weight excluding hydrogens is 685 g/mol. The Bertz CT molecular complexity index is 2930. The molecule has 0 radical (unpaired) electrons. The number of hydrogen-bond acceptors (Lipinski definition) is 3. The quantitative estimate of drug-likeness (QED) is 0.164. The average molecular weight is 719 g/mol. The van der Waals surface area contributed by atoms with Gasteiger partial charge in [-0.2, -0.15) is 0 Å². The summed E-state index contributed by atoms with van der Waals surface area (Å²) >= 11 is 1.85. The fourth-order valence-corrected chi connectivity index (χ4v) is 8.51. The first kappa shape index (κ1) is 32.7. The summed E-state index contributed by atoms with van der Waals surface area (Å²) in [4.78, 5) is 10.4. The van der Waals surface area contributed by atoms with E-state index in [2.05, 4.69) is 194 Å². The number of fused-ring (bicyclic) bond motifs is 3. The molecule has 0 saturated carbocycles. The lowest BCUT2D eigenvalue weighted by Crippen LogP contribution is -1.96. The summed E-state index contributed by atoms with van der Waals surface area (Å²) in [5.74, 6) is 0.696. The van der Waals surface area contributed by atoms with Crippen molar-refractivity contribution < 1.29 is 0 Å². The van der Waals surface area contributed by atoms with Crippen molar-refractivity contribution in [1.82, 2.24) is 9.97 Å². The van der Waals surface area contributed by atoms with E-state index in [4.69, 9.17) is 9.97 Å². The Morgan fingerprint density at radius 2 is 0.673 bits per heavy atom. The number of aromatic nitrogens is 2. The van der Waals surface area contributed by atoms with Crippen LogP contribution in [0.2, 0.25) is 0 Å². The highest BCUT2D eigenvalue weighted by atomic mass is 32.1. The summed E-state index contributed by atoms with van der Waals surface area (Å²) in [6.45, 7) is 0. The maximum absolute atomic E-state index is 5.30. The predicted octanol–water partition coefficient (Wildman–Crippen LogP) is 14.5. The zero-order valence-electron chi connectivity index (χ0n) is 29.9. The van der Waals surface area contributed by atoms with Crippen LogP contribution in [-0.2, 0) is 0 Å². The van der Waals surface area contributed by atoms with Gasteiger partial charge in [0.15, 0.2) is 5.82 Å². The zero-order valence-corrected chi connectivity index (χ0v) is 30.7. The van der Waals surface area contributed by atoms with E-state index in [0.29, 0.717) is 5.82 Å². The fraction of sp³-hybridized carbons (Fsp3) is 0. The molecule has 0 amide bonds. The second-order valence-electron chi connectivity index (χ2n) is 13.8. The molecule has 0 aliphatic rings. The first-order valence-electron chi connectivity index (χ1n) is 18.6. The molecule has 0 saturated heterocycles. The van der Waals surface area contributed by atoms with Gasteiger partial charge in [-0.15, -0.1) is 11.3 Å². The smallest absolute Gasteiger partial charge is 0.160 e. The van der Waals surface area contributed by atoms with E-state index in [-0.39, 0.29) is 0 Å². The van der Waals surface area contributed by atoms with E-state index in [1.165, 1.54) is 42.4 Å². The third-order valence-electron chi connectivity index (χ3n) is 10.3. The molecule has 0 aliphatic carbocycles. The summed E-state index contributed by atoms with van der Waals surface area (Å²) in [6, 6.07) is 73.5. The van der Waals surface area contributed by atoms with E-state index in [1.54, 1.807) is 0 Å². The van der Waals surface area contributed by atoms with Crippen LogP contribution in [0, 0.1) is 0 Å². The molecule has 0 bridgehead atoms. The van der Waals surface area contributed by atoms with E-state index < -0.39 is 0 Å². The van der Waals surface area contributed by atoms with Gasteiger partial charge >= 0.3 is 0 Å². The molecule has 0 N–H and O–H groups in total. The van der Waals surface area contributed by atoms with Gasteiger partial charge in [0.25, 0.3) is 0 Å². The molecule has 8 aromatic carbocycles. The lowest BCUT2D eigenvalue weighted by molar-refractivity contribution is 1.18. The minimum Gasteiger partial charge on any atom is -0.228 e. The molecule has 55 heavy (non-hydrogen) atoms. The highest BCUT2D eigenvalue weighted by Gasteiger charge is 2.15. The highest BCUT2D eigenvalue weighted by molar-refractivity contribution is 7.25. The Morgan fingerprint density at radius 3 is 1.29 bits per heavy atom. The Kier molecular flexibility index (Phi) is 8.40. The van der Waals surface area contributed by atoms with Gasteiger partial charge in [-0.3, -0.25) is 0 Å². The molecule has 2 nitrogen and oxygen atoms in total. The molecule has 0 fully saturated rings. The largest absolute Gasteiger partial charge is 0.228 e. The second kappa shape index (κ2) is 14.1. The van der Waals surface area contributed by atoms with Gasteiger partial charge in [0.05, 0.1) is 11.4 Å². The van der Waals surface area contributed by atoms with Crippen molar-refractivity contribution >= 4 is 31.5 Å². The zero-order chi connectivity index (χ0) is 36.6. The Balaban J connectivity index is 1.14. The van der Waals surface area contributed by atoms with Crippen molar-refractivity contribution in [2.45, 2.75) is 0 Å². The van der Waals surface area contributed by atoms with Gasteiger partial charge < -0.3 is 0 Å². The normalized spacial score (nSPS) is 11.3. The first-order chi connectivity index (χ1) is 27.2. The first-order valence-corrected chi connectivity index (χ1v) is 19.4. The Morgan fingerprint density at radius 1 is 0.255 bits per heavy atom. The van der Waals surface area contributed by atoms with Crippen molar-refractivity contribution in [3.63, 3.8) is 0 Å². The molecule has 10 aromatic rings. The maximum Gasteiger partial charge on any atom is 0.160 e. The standard InChI is InChI=1S/C52H34N2S/c1-4-12-35(13-5-1)37-20-22-39(23-21-37)43-30-44(42-28-29-51-47(33-42)46-18-10-11-19-50(46)55-51)32-45(31-43)49-34-48(40-16-8-3-9-17-40)53-52(54-49)41-26-24-38(25-27-41)36-14-6-2-7-15-36/h1-34H. The predicted molar refractivity (Wildman–Crippen MR) is 233 cm³/mol. The van der Waals surface area contributed by atoms with E-state index in [1.807, 2.05) is 23.5 Å². The Labute approximate surface area is 324 Å². The fourth-order valence-electron chi connectivity index (χ4n) is 7.42. The molecule has 2 heterocycles. The monoisotopic (exact) mass is 718 g/mol. The number of thiophene rings is 1. The van der Waals surface area contributed by atoms with Crippen LogP contribution in [0.4, 0.5) is 0 Å². The van der Waals surface area contributed by atoms with Gasteiger partial charge in [-0.1, -0.05) is 164 Å². The van der Waals surface area contributed by atoms with Crippen LogP contribution < -0.4 is 0 Å². The number of rotatable bonds is 7. The van der Waals surface area contributed by atoms with Crippen LogP contribution in [0.1, 0.15) is 0 Å². The summed E-state index contributed by atoms with van der Waals surface area (Å²) < 4.78 is 2.60. The SMILES string of the molecule is c1ccc(-c2ccc(-c3cc(-c4ccc5sc6ccccc6c5c4)cc(-c4cc(-c5ccccc5)nc(-c5ccc(-c6ccccc6)cc5)n4)c3)cc2)cc1. The van der Waals surface area contributed by atoms with Crippen LogP contribution in [0.5, 0.6) is 0 Å². The number of benzene rings is 8. The number of nitrogens with zero attached hydrogens (tertiary/aromatic N) is 2. The summed E-state index contributed by atoms with van der Waals surface area (Å²) in [7, 11) is 0. The molecule has 2 aromatic heterocycles. The van der Waals surface area contributed by atoms with Gasteiger partial charge in [0, 0.05) is 36.9 Å². The summed E-state index contributed by atoms with van der Waals surface area (Å²) in [6.07, 6.45) is 0. The molecule has 0 aliphatic heterocycles. The van der Waals surface area contributed by atoms with Gasteiger partial charge in [-0.25, -0.2) is 9.97 Å². The van der Waals surface area contributed by atoms with Crippen LogP contribution >= 0.6 is 11.3 Å². The second-order valence-corrected chi connectivity index (χ2v) is 14.9. The third kappa shape index (κ3) is 6.52. The minimum atomic E-state index is 0.696. The molecule has 10 rings (SSSR count). The maximum atomic E-state index is 5.30. The molecule has 0 spiro atoms. The third-order valence-corrected chi connectivity index (χ3v) is 11.5. The van der Waals surface area contributed by atoms with Crippen molar-refractivity contribution in [2.75, 3.05) is 0 Å². The van der Waals surface area contributed by atoms with Gasteiger partial charge in [0.1, 0.15) is 0 Å². The van der Waals surface area contributed by atoms with Gasteiger partial charge in [-0.05, 0) is 87.0 Å². The molecule has 3 heteroatoms. The van der Waals surface area contributed by atoms with Crippen molar-refractivity contribution in [3.05, 3.63) is 206 Å². The minimum absolute atomic E-state index is 0.696. The Hall–Kier alpha value is -6.94. The topological polar surface area (TPSA) is 25.8 Å². The average Bonchev–Trinajstić information content (AvgIpc) is 3.65. The highest BCUT2D eigenvalue weighted by Crippen LogP contribution is 2.39. The van der Waals surface area contributed by atoms with E-state index in [0.717, 1.165) is 50.3 Å². The molecule has 0 unspecified atom stereocenters. The van der Waals surface area contributed by atoms with Crippen molar-refractivity contribution in [2.24, 2.45) is 0 Å². The lowest BCUT2D eigenvalue weighted by atomic mass is 9.93. The van der Waals surface area contributed by atoms with Crippen LogP contribution in [0.3, 0.4) is 0 Å². The number of hydrogen-bond donors (Lipinski definition) is 0. The van der Waals surface area contributed by atoms with Crippen LogP contribution in [0.25, 0.3) is 98.6 Å². The van der Waals surface area contributed by atoms with Crippen molar-refractivity contribution in [1.29, 1.82) is 0 Å². The molecule has 258 valence electrons. The van der Waals surface area contributed by atoms with Crippen LogP contribution in [0.15, 0.2) is 206 Å². The summed E-state index contributed by atoms with van der Waals surface area (Å²) in [5, 5.41) is 2.58.